The van der Waals surface area contributed by atoms with Crippen LogP contribution in [0.1, 0.15) is 25.8 Å². The summed E-state index contributed by atoms with van der Waals surface area (Å²) in [6, 6.07) is 19.4. The van der Waals surface area contributed by atoms with Crippen LogP contribution in [0.2, 0.25) is 0 Å². The topological polar surface area (TPSA) is 108 Å². The monoisotopic (exact) mass is 563 g/mol. The second-order valence-electron chi connectivity index (χ2n) is 10.2. The van der Waals surface area contributed by atoms with Crippen LogP contribution in [0.3, 0.4) is 0 Å². The molecule has 41 heavy (non-hydrogen) atoms. The number of carboxylic acids is 1. The molecule has 0 saturated carbocycles. The molecule has 3 aromatic carbocycles. The molecule has 1 aliphatic rings. The fourth-order valence-electron chi connectivity index (χ4n) is 4.74. The molecule has 0 radical (unpaired) electrons. The summed E-state index contributed by atoms with van der Waals surface area (Å²) in [5, 5.41) is 10.7. The molecule has 3 atom stereocenters. The minimum atomic E-state index is -0.821. The van der Waals surface area contributed by atoms with Gasteiger partial charge in [0.25, 0.3) is 5.91 Å². The van der Waals surface area contributed by atoms with Crippen molar-refractivity contribution >= 4 is 23.9 Å². The lowest BCUT2D eigenvalue weighted by atomic mass is 9.87. The number of anilines is 1. The standard InChI is InChI=1S/C31H34FN3O6/c1-21-17-34(15-14-27(21)31(38)39)18-30(37)35(22(2)19-36)33-25-10-13-28(41-26-11-8-24(32)9-12-26)29(16-25)40-20-23-6-4-3-5-7-23/h3-13,16,19,21-22,27,33H,14-15,17-18,20H2,1-2H3,(H,38,39). The molecule has 0 aromatic heterocycles. The Bertz CT molecular complexity index is 1340. The second-order valence-corrected chi connectivity index (χ2v) is 10.2. The average Bonchev–Trinajstić information content (AvgIpc) is 2.96. The third-order valence-corrected chi connectivity index (χ3v) is 7.01. The quantitative estimate of drug-likeness (QED) is 0.235. The molecule has 216 valence electrons. The van der Waals surface area contributed by atoms with Gasteiger partial charge in [0.05, 0.1) is 18.2 Å². The summed E-state index contributed by atoms with van der Waals surface area (Å²) >= 11 is 0. The number of hydrogen-bond donors (Lipinski definition) is 2. The number of ether oxygens (including phenoxy) is 2. The zero-order valence-corrected chi connectivity index (χ0v) is 23.0. The average molecular weight is 564 g/mol. The fourth-order valence-corrected chi connectivity index (χ4v) is 4.74. The molecular formula is C31H34FN3O6. The lowest BCUT2D eigenvalue weighted by Crippen LogP contribution is -2.51. The third kappa shape index (κ3) is 8.04. The first-order valence-electron chi connectivity index (χ1n) is 13.5. The van der Waals surface area contributed by atoms with Crippen LogP contribution in [0.15, 0.2) is 72.8 Å². The van der Waals surface area contributed by atoms with E-state index < -0.39 is 17.9 Å². The summed E-state index contributed by atoms with van der Waals surface area (Å²) in [6.45, 7) is 4.71. The van der Waals surface area contributed by atoms with Gasteiger partial charge in [-0.15, -0.1) is 0 Å². The van der Waals surface area contributed by atoms with Crippen molar-refractivity contribution < 1.29 is 33.4 Å². The van der Waals surface area contributed by atoms with Crippen molar-refractivity contribution in [1.29, 1.82) is 0 Å². The van der Waals surface area contributed by atoms with Gasteiger partial charge in [-0.05, 0) is 67.8 Å². The predicted octanol–water partition coefficient (Wildman–Crippen LogP) is 4.98. The van der Waals surface area contributed by atoms with Crippen molar-refractivity contribution in [2.24, 2.45) is 11.8 Å². The number of nitrogens with zero attached hydrogens (tertiary/aromatic N) is 2. The second kappa shape index (κ2) is 13.8. The van der Waals surface area contributed by atoms with Gasteiger partial charge >= 0.3 is 5.97 Å². The minimum Gasteiger partial charge on any atom is -0.485 e. The van der Waals surface area contributed by atoms with Crippen LogP contribution in [0.5, 0.6) is 17.2 Å². The van der Waals surface area contributed by atoms with Crippen molar-refractivity contribution in [3.8, 4) is 17.2 Å². The number of piperidine rings is 1. The number of likely N-dealkylation sites (tertiary alicyclic amines) is 1. The molecule has 1 heterocycles. The predicted molar refractivity (Wildman–Crippen MR) is 151 cm³/mol. The van der Waals surface area contributed by atoms with Crippen LogP contribution in [-0.4, -0.2) is 58.9 Å². The number of carbonyl (C=O) groups excluding carboxylic acids is 2. The summed E-state index contributed by atoms with van der Waals surface area (Å²) in [6.07, 6.45) is 1.13. The van der Waals surface area contributed by atoms with Crippen LogP contribution in [-0.2, 0) is 21.0 Å². The highest BCUT2D eigenvalue weighted by Crippen LogP contribution is 2.35. The Balaban J connectivity index is 1.52. The Morgan fingerprint density at radius 3 is 2.51 bits per heavy atom. The molecule has 0 aliphatic carbocycles. The Labute approximate surface area is 238 Å². The number of amides is 1. The molecule has 3 unspecified atom stereocenters. The fraction of sp³-hybridized carbons (Fsp3) is 0.323. The Kier molecular flexibility index (Phi) is 9.91. The zero-order chi connectivity index (χ0) is 29.4. The maximum atomic E-state index is 13.4. The van der Waals surface area contributed by atoms with Crippen LogP contribution < -0.4 is 14.9 Å². The summed E-state index contributed by atoms with van der Waals surface area (Å²) in [7, 11) is 0. The van der Waals surface area contributed by atoms with E-state index in [-0.39, 0.29) is 30.8 Å². The summed E-state index contributed by atoms with van der Waals surface area (Å²) < 4.78 is 25.4. The molecule has 9 nitrogen and oxygen atoms in total. The number of nitrogens with one attached hydrogen (secondary N) is 1. The van der Waals surface area contributed by atoms with Crippen molar-refractivity contribution in [2.75, 3.05) is 25.1 Å². The minimum absolute atomic E-state index is 0.0327. The number of carbonyl (C=O) groups is 3. The van der Waals surface area contributed by atoms with Gasteiger partial charge in [-0.2, -0.15) is 0 Å². The lowest BCUT2D eigenvalue weighted by molar-refractivity contribution is -0.145. The summed E-state index contributed by atoms with van der Waals surface area (Å²) in [4.78, 5) is 38.4. The van der Waals surface area contributed by atoms with Gasteiger partial charge in [0, 0.05) is 12.6 Å². The van der Waals surface area contributed by atoms with Gasteiger partial charge in [-0.1, -0.05) is 37.3 Å². The maximum absolute atomic E-state index is 13.4. The highest BCUT2D eigenvalue weighted by atomic mass is 19.1. The number of benzene rings is 3. The molecule has 1 saturated heterocycles. The number of hydrazine groups is 1. The number of aldehydes is 1. The first-order chi connectivity index (χ1) is 19.7. The number of halogens is 1. The molecule has 4 rings (SSSR count). The molecule has 1 aliphatic heterocycles. The van der Waals surface area contributed by atoms with Gasteiger partial charge in [0.15, 0.2) is 11.5 Å². The summed E-state index contributed by atoms with van der Waals surface area (Å²) in [5.74, 6) is -0.890. The van der Waals surface area contributed by atoms with Gasteiger partial charge in [-0.3, -0.25) is 19.9 Å². The van der Waals surface area contributed by atoms with E-state index in [9.17, 15) is 23.9 Å². The van der Waals surface area contributed by atoms with Crippen molar-refractivity contribution in [1.82, 2.24) is 9.91 Å². The van der Waals surface area contributed by atoms with E-state index in [0.29, 0.717) is 48.7 Å². The van der Waals surface area contributed by atoms with E-state index in [1.807, 2.05) is 42.2 Å². The number of rotatable bonds is 12. The normalized spacial score (nSPS) is 17.7. The zero-order valence-electron chi connectivity index (χ0n) is 23.0. The van der Waals surface area contributed by atoms with Gasteiger partial charge in [0.1, 0.15) is 30.5 Å². The smallest absolute Gasteiger partial charge is 0.306 e. The molecule has 3 aromatic rings. The van der Waals surface area contributed by atoms with Crippen LogP contribution in [0, 0.1) is 17.7 Å². The van der Waals surface area contributed by atoms with Crippen LogP contribution >= 0.6 is 0 Å². The highest BCUT2D eigenvalue weighted by molar-refractivity contribution is 5.83. The Morgan fingerprint density at radius 2 is 1.85 bits per heavy atom. The van der Waals surface area contributed by atoms with Crippen molar-refractivity contribution in [3.63, 3.8) is 0 Å². The molecule has 10 heteroatoms. The third-order valence-electron chi connectivity index (χ3n) is 7.01. The number of aliphatic carboxylic acids is 1. The number of carboxylic acid groups (broad SMARTS) is 1. The van der Waals surface area contributed by atoms with E-state index >= 15 is 0 Å². The number of hydrogen-bond acceptors (Lipinski definition) is 7. The molecular weight excluding hydrogens is 529 g/mol. The molecule has 0 bridgehead atoms. The molecule has 2 N–H and O–H groups in total. The SMILES string of the molecule is CC1CN(CC(=O)N(Nc2ccc(Oc3ccc(F)cc3)c(OCc3ccccc3)c2)C(C)C=O)CCC1C(=O)O. The molecule has 1 amide bonds. The van der Waals surface area contributed by atoms with Gasteiger partial charge < -0.3 is 19.4 Å². The highest BCUT2D eigenvalue weighted by Gasteiger charge is 2.33. The van der Waals surface area contributed by atoms with Crippen LogP contribution in [0.4, 0.5) is 10.1 Å². The van der Waals surface area contributed by atoms with E-state index in [0.717, 1.165) is 5.56 Å². The van der Waals surface area contributed by atoms with Gasteiger partial charge in [-0.25, -0.2) is 9.40 Å². The van der Waals surface area contributed by atoms with E-state index in [1.54, 1.807) is 25.1 Å². The first kappa shape index (κ1) is 29.5. The van der Waals surface area contributed by atoms with E-state index in [4.69, 9.17) is 9.47 Å². The van der Waals surface area contributed by atoms with Crippen LogP contribution in [0.25, 0.3) is 0 Å². The Morgan fingerprint density at radius 1 is 1.12 bits per heavy atom. The van der Waals surface area contributed by atoms with Crippen molar-refractivity contribution in [3.05, 3.63) is 84.2 Å². The van der Waals surface area contributed by atoms with E-state index in [1.165, 1.54) is 29.3 Å². The molecule has 0 spiro atoms. The summed E-state index contributed by atoms with van der Waals surface area (Å²) in [5.41, 5.74) is 4.46. The first-order valence-corrected chi connectivity index (χ1v) is 13.5. The maximum Gasteiger partial charge on any atom is 0.306 e. The van der Waals surface area contributed by atoms with E-state index in [2.05, 4.69) is 5.43 Å². The van der Waals surface area contributed by atoms with Crippen molar-refractivity contribution in [2.45, 2.75) is 32.9 Å². The largest absolute Gasteiger partial charge is 0.485 e. The Hall–Kier alpha value is -4.44. The molecule has 1 fully saturated rings. The van der Waals surface area contributed by atoms with Gasteiger partial charge in [0.2, 0.25) is 0 Å². The lowest BCUT2D eigenvalue weighted by Gasteiger charge is -2.36.